The third-order valence-electron chi connectivity index (χ3n) is 2.99. The molecule has 0 saturated carbocycles. The number of carbonyl (C=O) groups is 1. The van der Waals surface area contributed by atoms with E-state index in [1.165, 1.54) is 23.9 Å². The van der Waals surface area contributed by atoms with Crippen molar-refractivity contribution in [1.29, 1.82) is 0 Å². The lowest BCUT2D eigenvalue weighted by molar-refractivity contribution is 0.0526. The molecule has 23 heavy (non-hydrogen) atoms. The highest BCUT2D eigenvalue weighted by Crippen LogP contribution is 2.38. The summed E-state index contributed by atoms with van der Waals surface area (Å²) >= 11 is 13.7. The number of thioether (sulfide) groups is 1. The molecule has 0 aliphatic carbocycles. The second kappa shape index (κ2) is 7.94. The van der Waals surface area contributed by atoms with Crippen LogP contribution in [-0.4, -0.2) is 30.4 Å². The Morgan fingerprint density at radius 2 is 2.00 bits per heavy atom. The van der Waals surface area contributed by atoms with E-state index in [1.807, 2.05) is 6.26 Å². The number of hydrogen-bond acceptors (Lipinski definition) is 8. The van der Waals surface area contributed by atoms with Crippen LogP contribution in [0.1, 0.15) is 23.7 Å². The highest BCUT2D eigenvalue weighted by atomic mass is 35.5. The summed E-state index contributed by atoms with van der Waals surface area (Å²) in [4.78, 5) is 11.1. The molecule has 1 aromatic rings. The van der Waals surface area contributed by atoms with Crippen LogP contribution in [-0.2, 0) is 4.74 Å². The van der Waals surface area contributed by atoms with Gasteiger partial charge in [0, 0.05) is 6.42 Å². The molecule has 0 radical (unpaired) electrons. The molecule has 7 nitrogen and oxygen atoms in total. The van der Waals surface area contributed by atoms with Crippen LogP contribution in [0.15, 0.2) is 32.8 Å². The highest BCUT2D eigenvalue weighted by molar-refractivity contribution is 7.99. The van der Waals surface area contributed by atoms with Crippen molar-refractivity contribution in [2.45, 2.75) is 18.3 Å². The van der Waals surface area contributed by atoms with Gasteiger partial charge in [-0.25, -0.2) is 4.79 Å². The van der Waals surface area contributed by atoms with E-state index in [1.54, 1.807) is 6.92 Å². The van der Waals surface area contributed by atoms with Gasteiger partial charge in [-0.05, 0) is 35.8 Å². The topological polar surface area (TPSA) is 85.0 Å². The van der Waals surface area contributed by atoms with E-state index in [4.69, 9.17) is 32.7 Å². The molecule has 0 fully saturated rings. The van der Waals surface area contributed by atoms with Crippen LogP contribution >= 0.6 is 35.0 Å². The summed E-state index contributed by atoms with van der Waals surface area (Å²) in [7, 11) is 0. The van der Waals surface area contributed by atoms with Gasteiger partial charge in [-0.1, -0.05) is 23.2 Å². The number of rotatable bonds is 7. The van der Waals surface area contributed by atoms with E-state index >= 15 is 0 Å². The first kappa shape index (κ1) is 18.0. The SMILES string of the molecule is CCOC(=O)c1ccc(Cl)c(OCCC2(SC)N=NN=N2)c1Cl. The second-order valence-corrected chi connectivity index (χ2v) is 6.23. The summed E-state index contributed by atoms with van der Waals surface area (Å²) in [6.07, 6.45) is 2.28. The summed E-state index contributed by atoms with van der Waals surface area (Å²) in [5.41, 5.74) is 0.202. The zero-order valence-electron chi connectivity index (χ0n) is 12.5. The third-order valence-corrected chi connectivity index (χ3v) is 4.68. The van der Waals surface area contributed by atoms with Gasteiger partial charge in [-0.3, -0.25) is 0 Å². The Hall–Kier alpha value is -1.38. The molecule has 1 aliphatic rings. The van der Waals surface area contributed by atoms with E-state index < -0.39 is 11.0 Å². The summed E-state index contributed by atoms with van der Waals surface area (Å²) in [5, 5.41) is 15.4. The lowest BCUT2D eigenvalue weighted by Crippen LogP contribution is -2.20. The number of carbonyl (C=O) groups excluding carboxylic acids is 1. The summed E-state index contributed by atoms with van der Waals surface area (Å²) in [5.74, 6) is -0.306. The molecule has 0 amide bonds. The quantitative estimate of drug-likeness (QED) is 0.640. The Morgan fingerprint density at radius 1 is 1.30 bits per heavy atom. The Morgan fingerprint density at radius 3 is 2.61 bits per heavy atom. The predicted molar refractivity (Wildman–Crippen MR) is 88.5 cm³/mol. The van der Waals surface area contributed by atoms with E-state index in [0.29, 0.717) is 11.4 Å². The summed E-state index contributed by atoms with van der Waals surface area (Å²) in [6, 6.07) is 3.03. The Kier molecular flexibility index (Phi) is 6.20. The van der Waals surface area contributed by atoms with Crippen molar-refractivity contribution in [2.24, 2.45) is 20.7 Å². The van der Waals surface area contributed by atoms with Crippen molar-refractivity contribution in [3.8, 4) is 5.75 Å². The molecule has 0 spiro atoms. The van der Waals surface area contributed by atoms with E-state index in [-0.39, 0.29) is 29.5 Å². The zero-order valence-corrected chi connectivity index (χ0v) is 14.8. The van der Waals surface area contributed by atoms with Crippen molar-refractivity contribution in [3.05, 3.63) is 27.7 Å². The molecule has 0 N–H and O–H groups in total. The molecular formula is C13H14Cl2N4O3S. The minimum atomic E-state index is -0.780. The van der Waals surface area contributed by atoms with Crippen LogP contribution in [0.4, 0.5) is 0 Å². The minimum Gasteiger partial charge on any atom is -0.490 e. The summed E-state index contributed by atoms with van der Waals surface area (Å²) in [6.45, 7) is 2.19. The molecule has 0 saturated heterocycles. The maximum Gasteiger partial charge on any atom is 0.339 e. The Bertz CT molecular complexity index is 642. The average Bonchev–Trinajstić information content (AvgIpc) is 3.00. The largest absolute Gasteiger partial charge is 0.490 e. The fourth-order valence-corrected chi connectivity index (χ4v) is 2.88. The Labute approximate surface area is 147 Å². The normalized spacial score (nSPS) is 15.0. The predicted octanol–water partition coefficient (Wildman–Crippen LogP) is 4.79. The molecule has 1 aromatic carbocycles. The van der Waals surface area contributed by atoms with Crippen LogP contribution < -0.4 is 4.74 Å². The fraction of sp³-hybridized carbons (Fsp3) is 0.462. The van der Waals surface area contributed by atoms with Crippen LogP contribution in [0.25, 0.3) is 0 Å². The molecule has 124 valence electrons. The van der Waals surface area contributed by atoms with Crippen LogP contribution in [0, 0.1) is 0 Å². The van der Waals surface area contributed by atoms with Gasteiger partial charge in [0.2, 0.25) is 4.99 Å². The number of esters is 1. The van der Waals surface area contributed by atoms with Crippen LogP contribution in [0.3, 0.4) is 0 Å². The standard InChI is InChI=1S/C13H14Cl2N4O3S/c1-3-21-12(20)8-4-5-9(14)11(10(8)15)22-7-6-13(23-2)16-18-19-17-13/h4-5H,3,6-7H2,1-2H3. The van der Waals surface area contributed by atoms with E-state index in [2.05, 4.69) is 20.7 Å². The molecule has 0 unspecified atom stereocenters. The maximum atomic E-state index is 11.8. The molecule has 0 aromatic heterocycles. The van der Waals surface area contributed by atoms with Gasteiger partial charge in [-0.2, -0.15) is 0 Å². The van der Waals surface area contributed by atoms with Crippen molar-refractivity contribution < 1.29 is 14.3 Å². The van der Waals surface area contributed by atoms with Crippen molar-refractivity contribution >= 4 is 40.9 Å². The molecule has 10 heteroatoms. The van der Waals surface area contributed by atoms with Crippen molar-refractivity contribution in [1.82, 2.24) is 0 Å². The number of ether oxygens (including phenoxy) is 2. The number of hydrogen-bond donors (Lipinski definition) is 0. The van der Waals surface area contributed by atoms with Gasteiger partial charge in [0.15, 0.2) is 5.75 Å². The molecular weight excluding hydrogens is 363 g/mol. The first-order chi connectivity index (χ1) is 11.0. The van der Waals surface area contributed by atoms with Gasteiger partial charge in [-0.15, -0.1) is 22.0 Å². The highest BCUT2D eigenvalue weighted by Gasteiger charge is 2.32. The molecule has 0 bridgehead atoms. The summed E-state index contributed by atoms with van der Waals surface area (Å²) < 4.78 is 10.6. The fourth-order valence-electron chi connectivity index (χ4n) is 1.80. The first-order valence-electron chi connectivity index (χ1n) is 6.70. The Balaban J connectivity index is 2.10. The second-order valence-electron chi connectivity index (χ2n) is 4.38. The van der Waals surface area contributed by atoms with Crippen LogP contribution in [0.2, 0.25) is 10.0 Å². The minimum absolute atomic E-state index is 0.115. The van der Waals surface area contributed by atoms with Gasteiger partial charge in [0.05, 0.1) is 28.8 Å². The molecule has 0 atom stereocenters. The number of benzene rings is 1. The first-order valence-corrected chi connectivity index (χ1v) is 8.68. The number of halogens is 2. The lowest BCUT2D eigenvalue weighted by atomic mass is 10.2. The zero-order chi connectivity index (χ0) is 16.9. The van der Waals surface area contributed by atoms with Gasteiger partial charge in [0.1, 0.15) is 0 Å². The third kappa shape index (κ3) is 4.13. The van der Waals surface area contributed by atoms with Crippen molar-refractivity contribution in [2.75, 3.05) is 19.5 Å². The van der Waals surface area contributed by atoms with E-state index in [0.717, 1.165) is 0 Å². The van der Waals surface area contributed by atoms with Gasteiger partial charge < -0.3 is 9.47 Å². The number of nitrogens with zero attached hydrogens (tertiary/aromatic N) is 4. The maximum absolute atomic E-state index is 11.8. The smallest absolute Gasteiger partial charge is 0.339 e. The van der Waals surface area contributed by atoms with Gasteiger partial charge >= 0.3 is 5.97 Å². The lowest BCUT2D eigenvalue weighted by Gasteiger charge is -2.18. The molecule has 1 heterocycles. The van der Waals surface area contributed by atoms with Crippen molar-refractivity contribution in [3.63, 3.8) is 0 Å². The van der Waals surface area contributed by atoms with Crippen LogP contribution in [0.5, 0.6) is 5.75 Å². The van der Waals surface area contributed by atoms with E-state index in [9.17, 15) is 4.79 Å². The van der Waals surface area contributed by atoms with Gasteiger partial charge in [0.25, 0.3) is 0 Å². The molecule has 1 aliphatic heterocycles. The molecule has 2 rings (SSSR count). The average molecular weight is 377 g/mol. The monoisotopic (exact) mass is 376 g/mol.